The van der Waals surface area contributed by atoms with Crippen LogP contribution in [0.15, 0.2) is 53.3 Å². The minimum Gasteiger partial charge on any atom is -0.296 e. The van der Waals surface area contributed by atoms with Crippen molar-refractivity contribution < 1.29 is 0 Å². The number of aromatic amines is 1. The highest BCUT2D eigenvalue weighted by Gasteiger charge is 2.17. The second kappa shape index (κ2) is 11.3. The van der Waals surface area contributed by atoms with Crippen LogP contribution in [0.25, 0.3) is 22.5 Å². The van der Waals surface area contributed by atoms with E-state index in [1.165, 1.54) is 5.69 Å². The third-order valence-electron chi connectivity index (χ3n) is 6.67. The van der Waals surface area contributed by atoms with Crippen LogP contribution in [0, 0.1) is 12.8 Å². The summed E-state index contributed by atoms with van der Waals surface area (Å²) in [7, 11) is 0. The average Bonchev–Trinajstić information content (AvgIpc) is 3.47. The smallest absolute Gasteiger partial charge is 0.296 e. The lowest BCUT2D eigenvalue weighted by molar-refractivity contribution is 0.560. The topological polar surface area (TPSA) is 81.4 Å². The van der Waals surface area contributed by atoms with E-state index in [2.05, 4.69) is 78.7 Å². The summed E-state index contributed by atoms with van der Waals surface area (Å²) in [5.41, 5.74) is 6.58. The van der Waals surface area contributed by atoms with E-state index in [1.54, 1.807) is 0 Å². The number of benzene rings is 2. The highest BCUT2D eigenvalue weighted by molar-refractivity contribution is 5.80. The first-order chi connectivity index (χ1) is 17.0. The normalized spacial score (nSPS) is 11.5. The van der Waals surface area contributed by atoms with Gasteiger partial charge in [0.15, 0.2) is 0 Å². The Morgan fingerprint density at radius 3 is 2.37 bits per heavy atom. The van der Waals surface area contributed by atoms with Gasteiger partial charge in [-0.3, -0.25) is 9.13 Å². The Morgan fingerprint density at radius 2 is 1.71 bits per heavy atom. The van der Waals surface area contributed by atoms with Gasteiger partial charge in [-0.1, -0.05) is 82.1 Å². The van der Waals surface area contributed by atoms with Crippen LogP contribution in [-0.4, -0.2) is 29.8 Å². The second-order valence-corrected chi connectivity index (χ2v) is 9.67. The van der Waals surface area contributed by atoms with E-state index < -0.39 is 0 Å². The van der Waals surface area contributed by atoms with Crippen molar-refractivity contribution in [1.82, 2.24) is 29.8 Å². The molecule has 0 bridgehead atoms. The van der Waals surface area contributed by atoms with Gasteiger partial charge in [0.05, 0.1) is 6.54 Å². The molecule has 2 aromatic heterocycles. The molecule has 2 heterocycles. The zero-order valence-corrected chi connectivity index (χ0v) is 21.3. The third-order valence-corrected chi connectivity index (χ3v) is 6.67. The van der Waals surface area contributed by atoms with Crippen LogP contribution < -0.4 is 5.69 Å². The molecule has 1 N–H and O–H groups in total. The lowest BCUT2D eigenvalue weighted by Crippen LogP contribution is -2.26. The third kappa shape index (κ3) is 5.61. The summed E-state index contributed by atoms with van der Waals surface area (Å²) >= 11 is 0. The van der Waals surface area contributed by atoms with Crippen LogP contribution in [0.1, 0.15) is 63.4 Å². The van der Waals surface area contributed by atoms with Crippen molar-refractivity contribution in [3.8, 4) is 22.5 Å². The Balaban J connectivity index is 1.62. The molecule has 2 aromatic carbocycles. The summed E-state index contributed by atoms with van der Waals surface area (Å²) in [4.78, 5) is 13.4. The van der Waals surface area contributed by atoms with Crippen LogP contribution in [-0.2, 0) is 19.5 Å². The molecule has 184 valence electrons. The molecule has 0 fully saturated rings. The monoisotopic (exact) mass is 472 g/mol. The molecule has 7 heteroatoms. The number of aromatic nitrogens is 6. The SMILES string of the molecule is CCCCCn1c(C)c(CCC(C)C)n(Cc2ccc(-c3ccccc3-c3nn[nH]n3)cc2)c1=O. The summed E-state index contributed by atoms with van der Waals surface area (Å²) < 4.78 is 3.98. The number of hydrogen-bond acceptors (Lipinski definition) is 4. The largest absolute Gasteiger partial charge is 0.328 e. The molecule has 4 rings (SSSR count). The van der Waals surface area contributed by atoms with E-state index in [0.717, 1.165) is 66.6 Å². The minimum atomic E-state index is 0.115. The summed E-state index contributed by atoms with van der Waals surface area (Å²) in [6.07, 6.45) is 5.34. The van der Waals surface area contributed by atoms with Crippen LogP contribution in [0.2, 0.25) is 0 Å². The van der Waals surface area contributed by atoms with E-state index in [4.69, 9.17) is 0 Å². The molecule has 0 saturated heterocycles. The maximum absolute atomic E-state index is 13.4. The van der Waals surface area contributed by atoms with Gasteiger partial charge < -0.3 is 0 Å². The Morgan fingerprint density at radius 1 is 0.971 bits per heavy atom. The Labute approximate surface area is 207 Å². The van der Waals surface area contributed by atoms with Gasteiger partial charge >= 0.3 is 5.69 Å². The lowest BCUT2D eigenvalue weighted by atomic mass is 9.98. The van der Waals surface area contributed by atoms with Crippen molar-refractivity contribution in [2.24, 2.45) is 5.92 Å². The van der Waals surface area contributed by atoms with E-state index in [9.17, 15) is 4.79 Å². The first kappa shape index (κ1) is 24.6. The highest BCUT2D eigenvalue weighted by atomic mass is 16.1. The molecule has 35 heavy (non-hydrogen) atoms. The zero-order chi connectivity index (χ0) is 24.8. The summed E-state index contributed by atoms with van der Waals surface area (Å²) in [5.74, 6) is 1.17. The molecule has 0 aliphatic heterocycles. The Hall–Kier alpha value is -3.48. The van der Waals surface area contributed by atoms with Gasteiger partial charge in [0.2, 0.25) is 5.82 Å². The quantitative estimate of drug-likeness (QED) is 0.287. The fourth-order valence-corrected chi connectivity index (χ4v) is 4.62. The van der Waals surface area contributed by atoms with Crippen LogP contribution in [0.4, 0.5) is 0 Å². The fourth-order valence-electron chi connectivity index (χ4n) is 4.62. The molecular weight excluding hydrogens is 436 g/mol. The highest BCUT2D eigenvalue weighted by Crippen LogP contribution is 2.30. The number of nitrogens with one attached hydrogen (secondary N) is 1. The number of tetrazole rings is 1. The molecule has 0 spiro atoms. The number of imidazole rings is 1. The number of unbranched alkanes of at least 4 members (excludes halogenated alkanes) is 2. The van der Waals surface area contributed by atoms with Crippen molar-refractivity contribution in [2.75, 3.05) is 0 Å². The average molecular weight is 473 g/mol. The summed E-state index contributed by atoms with van der Waals surface area (Å²) in [5, 5.41) is 14.5. The van der Waals surface area contributed by atoms with Gasteiger partial charge in [-0.15, -0.1) is 10.2 Å². The van der Waals surface area contributed by atoms with Crippen molar-refractivity contribution in [1.29, 1.82) is 0 Å². The van der Waals surface area contributed by atoms with E-state index in [1.807, 2.05) is 27.3 Å². The van der Waals surface area contributed by atoms with Gasteiger partial charge in [0, 0.05) is 23.5 Å². The Kier molecular flexibility index (Phi) is 7.95. The van der Waals surface area contributed by atoms with Gasteiger partial charge in [-0.25, -0.2) is 4.79 Å². The number of hydrogen-bond donors (Lipinski definition) is 1. The van der Waals surface area contributed by atoms with Crippen molar-refractivity contribution in [2.45, 2.75) is 72.9 Å². The molecule has 0 atom stereocenters. The van der Waals surface area contributed by atoms with Gasteiger partial charge in [-0.05, 0) is 54.0 Å². The van der Waals surface area contributed by atoms with Crippen molar-refractivity contribution in [3.05, 3.63) is 76.0 Å². The molecule has 0 saturated carbocycles. The molecule has 0 aliphatic carbocycles. The minimum absolute atomic E-state index is 0.115. The maximum atomic E-state index is 13.4. The van der Waals surface area contributed by atoms with E-state index >= 15 is 0 Å². The second-order valence-electron chi connectivity index (χ2n) is 9.67. The predicted octanol–water partition coefficient (Wildman–Crippen LogP) is 5.63. The van der Waals surface area contributed by atoms with Crippen LogP contribution in [0.5, 0.6) is 0 Å². The maximum Gasteiger partial charge on any atom is 0.328 e. The first-order valence-corrected chi connectivity index (χ1v) is 12.7. The van der Waals surface area contributed by atoms with E-state index in [0.29, 0.717) is 18.3 Å². The number of nitrogens with zero attached hydrogens (tertiary/aromatic N) is 5. The van der Waals surface area contributed by atoms with Gasteiger partial charge in [0.25, 0.3) is 0 Å². The molecule has 0 amide bonds. The van der Waals surface area contributed by atoms with Crippen LogP contribution in [0.3, 0.4) is 0 Å². The fraction of sp³-hybridized carbons (Fsp3) is 0.429. The molecule has 0 radical (unpaired) electrons. The lowest BCUT2D eigenvalue weighted by Gasteiger charge is -2.11. The standard InChI is InChI=1S/C28H36N6O/c1-5-6-9-18-33-21(4)26(17-12-20(2)3)34(28(33)35)19-22-13-15-23(16-14-22)24-10-7-8-11-25(24)27-29-31-32-30-27/h7-8,10-11,13-16,20H,5-6,9,12,17-19H2,1-4H3,(H,29,30,31,32). The van der Waals surface area contributed by atoms with Gasteiger partial charge in [-0.2, -0.15) is 5.21 Å². The molecule has 4 aromatic rings. The number of rotatable bonds is 11. The van der Waals surface area contributed by atoms with E-state index in [-0.39, 0.29) is 5.69 Å². The van der Waals surface area contributed by atoms with Gasteiger partial charge in [0.1, 0.15) is 0 Å². The molecule has 7 nitrogen and oxygen atoms in total. The molecule has 0 unspecified atom stereocenters. The molecular formula is C28H36N6O. The summed E-state index contributed by atoms with van der Waals surface area (Å²) in [6.45, 7) is 10.2. The predicted molar refractivity (Wildman–Crippen MR) is 140 cm³/mol. The number of H-pyrrole nitrogens is 1. The zero-order valence-electron chi connectivity index (χ0n) is 21.3. The first-order valence-electron chi connectivity index (χ1n) is 12.7. The van der Waals surface area contributed by atoms with Crippen molar-refractivity contribution >= 4 is 0 Å². The summed E-state index contributed by atoms with van der Waals surface area (Å²) in [6, 6.07) is 16.5. The Bertz CT molecular complexity index is 1280. The molecule has 0 aliphatic rings. The van der Waals surface area contributed by atoms with Crippen LogP contribution >= 0.6 is 0 Å². The van der Waals surface area contributed by atoms with Crippen molar-refractivity contribution in [3.63, 3.8) is 0 Å².